The average molecular weight is 413 g/mol. The van der Waals surface area contributed by atoms with Gasteiger partial charge in [0, 0.05) is 61.5 Å². The molecular weight excluding hydrogens is 380 g/mol. The van der Waals surface area contributed by atoms with Crippen molar-refractivity contribution >= 4 is 28.6 Å². The van der Waals surface area contributed by atoms with Gasteiger partial charge in [-0.25, -0.2) is 0 Å². The number of hydrogen-bond donors (Lipinski definition) is 2. The van der Waals surface area contributed by atoms with Crippen LogP contribution in [0.3, 0.4) is 0 Å². The van der Waals surface area contributed by atoms with E-state index in [1.54, 1.807) is 4.90 Å². The van der Waals surface area contributed by atoms with Crippen LogP contribution >= 0.6 is 0 Å². The molecule has 7 nitrogen and oxygen atoms in total. The van der Waals surface area contributed by atoms with Gasteiger partial charge in [0.05, 0.1) is 0 Å². The first-order valence-electron chi connectivity index (χ1n) is 10.7. The molecule has 1 aliphatic rings. The van der Waals surface area contributed by atoms with E-state index in [4.69, 9.17) is 0 Å². The van der Waals surface area contributed by atoms with Gasteiger partial charge in [-0.2, -0.15) is 0 Å². The number of benzene rings is 1. The zero-order chi connectivity index (χ0) is 21.8. The van der Waals surface area contributed by atoms with Gasteiger partial charge < -0.3 is 20.1 Å². The summed E-state index contributed by atoms with van der Waals surface area (Å²) >= 11 is 0. The second kappa shape index (κ2) is 9.32. The third-order valence-corrected chi connectivity index (χ3v) is 5.63. The zero-order valence-electron chi connectivity index (χ0n) is 18.3. The normalized spacial score (nSPS) is 15.7. The number of carbonyl (C=O) groups excluding carboxylic acids is 3. The highest BCUT2D eigenvalue weighted by Gasteiger charge is 2.31. The lowest BCUT2D eigenvalue weighted by Gasteiger charge is -2.37. The van der Waals surface area contributed by atoms with Crippen molar-refractivity contribution in [1.82, 2.24) is 20.1 Å². The van der Waals surface area contributed by atoms with Crippen LogP contribution in [0.25, 0.3) is 10.9 Å². The summed E-state index contributed by atoms with van der Waals surface area (Å²) in [7, 11) is 0. The minimum atomic E-state index is -0.633. The lowest BCUT2D eigenvalue weighted by atomic mass is 10.0. The maximum absolute atomic E-state index is 13.3. The molecule has 2 N–H and O–H groups in total. The number of piperazine rings is 1. The molecule has 1 aromatic carbocycles. The number of nitrogens with zero attached hydrogens (tertiary/aromatic N) is 2. The molecule has 0 radical (unpaired) electrons. The number of amides is 3. The fraction of sp³-hybridized carbons (Fsp3) is 0.522. The molecule has 1 atom stereocenters. The second-order valence-corrected chi connectivity index (χ2v) is 8.58. The summed E-state index contributed by atoms with van der Waals surface area (Å²) < 4.78 is 0. The van der Waals surface area contributed by atoms with Crippen molar-refractivity contribution in [3.63, 3.8) is 0 Å². The molecule has 162 valence electrons. The molecule has 2 aromatic rings. The average Bonchev–Trinajstić information content (AvgIpc) is 3.15. The molecule has 1 aliphatic heterocycles. The number of para-hydroxylation sites is 1. The number of aromatic nitrogens is 1. The zero-order valence-corrected chi connectivity index (χ0v) is 18.3. The van der Waals surface area contributed by atoms with E-state index in [0.717, 1.165) is 16.5 Å². The predicted octanol–water partition coefficient (Wildman–Crippen LogP) is 2.18. The summed E-state index contributed by atoms with van der Waals surface area (Å²) in [6.45, 7) is 9.44. The number of fused-ring (bicyclic) bond motifs is 1. The van der Waals surface area contributed by atoms with E-state index >= 15 is 0 Å². The van der Waals surface area contributed by atoms with E-state index in [1.807, 2.05) is 63.1 Å². The summed E-state index contributed by atoms with van der Waals surface area (Å²) in [5, 5.41) is 4.00. The largest absolute Gasteiger partial charge is 0.361 e. The Labute approximate surface area is 177 Å². The number of nitrogens with one attached hydrogen (secondary N) is 2. The van der Waals surface area contributed by atoms with Crippen LogP contribution in [0.2, 0.25) is 0 Å². The van der Waals surface area contributed by atoms with Gasteiger partial charge in [0.25, 0.3) is 0 Å². The summed E-state index contributed by atoms with van der Waals surface area (Å²) in [5.74, 6) is -0.366. The third-order valence-electron chi connectivity index (χ3n) is 5.63. The van der Waals surface area contributed by atoms with Crippen molar-refractivity contribution < 1.29 is 14.4 Å². The van der Waals surface area contributed by atoms with Crippen LogP contribution in [0.15, 0.2) is 30.5 Å². The number of hydrogen-bond acceptors (Lipinski definition) is 3. The number of carbonyl (C=O) groups is 3. The van der Waals surface area contributed by atoms with Gasteiger partial charge in [0.1, 0.15) is 6.04 Å². The first-order valence-corrected chi connectivity index (χ1v) is 10.7. The quantitative estimate of drug-likeness (QED) is 0.763. The van der Waals surface area contributed by atoms with E-state index in [0.29, 0.717) is 32.6 Å². The lowest BCUT2D eigenvalue weighted by Crippen LogP contribution is -2.57. The van der Waals surface area contributed by atoms with E-state index < -0.39 is 6.04 Å². The fourth-order valence-corrected chi connectivity index (χ4v) is 3.79. The van der Waals surface area contributed by atoms with Crippen LogP contribution in [0.1, 0.15) is 33.3 Å². The minimum Gasteiger partial charge on any atom is -0.361 e. The lowest BCUT2D eigenvalue weighted by molar-refractivity contribution is -0.143. The van der Waals surface area contributed by atoms with Gasteiger partial charge in [-0.3, -0.25) is 14.4 Å². The molecule has 0 saturated carbocycles. The molecule has 1 fully saturated rings. The van der Waals surface area contributed by atoms with Gasteiger partial charge in [0.15, 0.2) is 0 Å². The Morgan fingerprint density at radius 2 is 1.53 bits per heavy atom. The predicted molar refractivity (Wildman–Crippen MR) is 117 cm³/mol. The van der Waals surface area contributed by atoms with Crippen LogP contribution in [-0.2, 0) is 20.8 Å². The Kier molecular flexibility index (Phi) is 6.80. The number of aromatic amines is 1. The Morgan fingerprint density at radius 1 is 0.933 bits per heavy atom. The molecule has 30 heavy (non-hydrogen) atoms. The second-order valence-electron chi connectivity index (χ2n) is 8.58. The number of H-pyrrole nitrogens is 1. The fourth-order valence-electron chi connectivity index (χ4n) is 3.79. The van der Waals surface area contributed by atoms with Gasteiger partial charge in [-0.15, -0.1) is 0 Å². The van der Waals surface area contributed by atoms with Crippen molar-refractivity contribution in [2.45, 2.75) is 40.2 Å². The highest BCUT2D eigenvalue weighted by atomic mass is 16.2. The standard InChI is InChI=1S/C23H32N4O3/c1-15(2)21(28)25-20(13-17-14-24-19-8-6-5-7-18(17)19)23(30)27-11-9-26(10-12-27)22(29)16(3)4/h5-8,14-16,20,24H,9-13H2,1-4H3,(H,25,28). The molecular formula is C23H32N4O3. The molecule has 3 amide bonds. The van der Waals surface area contributed by atoms with Gasteiger partial charge in [0.2, 0.25) is 17.7 Å². The van der Waals surface area contributed by atoms with Crippen LogP contribution in [0.5, 0.6) is 0 Å². The highest BCUT2D eigenvalue weighted by Crippen LogP contribution is 2.20. The maximum atomic E-state index is 13.3. The molecule has 2 heterocycles. The molecule has 0 spiro atoms. The van der Waals surface area contributed by atoms with Crippen molar-refractivity contribution in [2.75, 3.05) is 26.2 Å². The Morgan fingerprint density at radius 3 is 2.13 bits per heavy atom. The summed E-state index contributed by atoms with van der Waals surface area (Å²) in [6.07, 6.45) is 2.33. The van der Waals surface area contributed by atoms with Crippen molar-refractivity contribution in [2.24, 2.45) is 11.8 Å². The van der Waals surface area contributed by atoms with Crippen LogP contribution in [0, 0.1) is 11.8 Å². The van der Waals surface area contributed by atoms with E-state index in [1.165, 1.54) is 0 Å². The smallest absolute Gasteiger partial charge is 0.245 e. The van der Waals surface area contributed by atoms with Gasteiger partial charge in [-0.05, 0) is 11.6 Å². The molecule has 7 heteroatoms. The maximum Gasteiger partial charge on any atom is 0.245 e. The highest BCUT2D eigenvalue weighted by molar-refractivity contribution is 5.90. The minimum absolute atomic E-state index is 0.0489. The molecule has 1 saturated heterocycles. The summed E-state index contributed by atoms with van der Waals surface area (Å²) in [5.41, 5.74) is 2.01. The van der Waals surface area contributed by atoms with Gasteiger partial charge in [-0.1, -0.05) is 45.9 Å². The SMILES string of the molecule is CC(C)C(=O)NC(Cc1c[nH]c2ccccc12)C(=O)N1CCN(C(=O)C(C)C)CC1. The van der Waals surface area contributed by atoms with E-state index in [9.17, 15) is 14.4 Å². The van der Waals surface area contributed by atoms with Crippen molar-refractivity contribution in [3.8, 4) is 0 Å². The van der Waals surface area contributed by atoms with Crippen molar-refractivity contribution in [1.29, 1.82) is 0 Å². The molecule has 1 aromatic heterocycles. The van der Waals surface area contributed by atoms with Crippen LogP contribution in [0.4, 0.5) is 0 Å². The van der Waals surface area contributed by atoms with E-state index in [2.05, 4.69) is 10.3 Å². The van der Waals surface area contributed by atoms with Crippen LogP contribution in [-0.4, -0.2) is 64.7 Å². The molecule has 1 unspecified atom stereocenters. The first kappa shape index (κ1) is 21.9. The topological polar surface area (TPSA) is 85.5 Å². The Bertz CT molecular complexity index is 910. The Balaban J connectivity index is 1.74. The number of rotatable bonds is 6. The summed E-state index contributed by atoms with van der Waals surface area (Å²) in [4.78, 5) is 44.8. The first-order chi connectivity index (χ1) is 14.3. The third kappa shape index (κ3) is 4.83. The summed E-state index contributed by atoms with van der Waals surface area (Å²) in [6, 6.07) is 7.31. The Hall–Kier alpha value is -2.83. The van der Waals surface area contributed by atoms with E-state index in [-0.39, 0.29) is 29.6 Å². The molecule has 0 bridgehead atoms. The van der Waals surface area contributed by atoms with Gasteiger partial charge >= 0.3 is 0 Å². The monoisotopic (exact) mass is 412 g/mol. The molecule has 3 rings (SSSR count). The van der Waals surface area contributed by atoms with Crippen LogP contribution < -0.4 is 5.32 Å². The van der Waals surface area contributed by atoms with Crippen molar-refractivity contribution in [3.05, 3.63) is 36.0 Å². The molecule has 0 aliphatic carbocycles.